The summed E-state index contributed by atoms with van der Waals surface area (Å²) < 4.78 is 0. The Balaban J connectivity index is 1.42. The predicted octanol–water partition coefficient (Wildman–Crippen LogP) is 3.00. The Bertz CT molecular complexity index is 856. The maximum absolute atomic E-state index is 4.57. The van der Waals surface area contributed by atoms with E-state index in [-0.39, 0.29) is 0 Å². The third kappa shape index (κ3) is 3.93. The van der Waals surface area contributed by atoms with Gasteiger partial charge in [-0.3, -0.25) is 5.32 Å². The maximum atomic E-state index is 4.57. The molecule has 3 aromatic rings. The van der Waals surface area contributed by atoms with Gasteiger partial charge in [-0.25, -0.2) is 15.0 Å². The number of aromatic amines is 1. The van der Waals surface area contributed by atoms with Crippen LogP contribution in [0.2, 0.25) is 0 Å². The Labute approximate surface area is 151 Å². The zero-order chi connectivity index (χ0) is 17.1. The van der Waals surface area contributed by atoms with Crippen LogP contribution in [-0.4, -0.2) is 56.0 Å². The van der Waals surface area contributed by atoms with E-state index in [9.17, 15) is 0 Å². The number of rotatable bonds is 5. The van der Waals surface area contributed by atoms with Crippen LogP contribution >= 0.6 is 11.8 Å². The molecule has 6 nitrogen and oxygen atoms in total. The molecule has 4 rings (SSSR count). The maximum Gasteiger partial charge on any atom is 0.230 e. The summed E-state index contributed by atoms with van der Waals surface area (Å²) in [4.78, 5) is 19.4. The topological polar surface area (TPSA) is 69.7 Å². The van der Waals surface area contributed by atoms with Gasteiger partial charge >= 0.3 is 0 Å². The van der Waals surface area contributed by atoms with Crippen molar-refractivity contribution in [1.82, 2.24) is 24.8 Å². The number of para-hydroxylation sites is 1. The summed E-state index contributed by atoms with van der Waals surface area (Å²) in [5.74, 6) is 3.76. The highest BCUT2D eigenvalue weighted by Crippen LogP contribution is 2.18. The number of benzene rings is 1. The van der Waals surface area contributed by atoms with E-state index in [4.69, 9.17) is 0 Å². The number of aryl methyl sites for hydroxylation is 1. The third-order valence-electron chi connectivity index (χ3n) is 4.45. The van der Waals surface area contributed by atoms with Crippen molar-refractivity contribution in [2.45, 2.75) is 13.3 Å². The van der Waals surface area contributed by atoms with Crippen molar-refractivity contribution in [1.29, 1.82) is 0 Å². The third-order valence-corrected chi connectivity index (χ3v) is 5.40. The first-order valence-corrected chi connectivity index (χ1v) is 9.78. The van der Waals surface area contributed by atoms with Crippen LogP contribution in [0, 0.1) is 6.92 Å². The lowest BCUT2D eigenvalue weighted by Gasteiger charge is -2.25. The van der Waals surface area contributed by atoms with E-state index in [0.29, 0.717) is 11.9 Å². The molecule has 3 heterocycles. The number of nitrogens with zero attached hydrogens (tertiary/aromatic N) is 4. The Morgan fingerprint density at radius 2 is 2.04 bits per heavy atom. The van der Waals surface area contributed by atoms with Crippen molar-refractivity contribution in [3.05, 3.63) is 41.9 Å². The number of aromatic nitrogens is 4. The van der Waals surface area contributed by atoms with Gasteiger partial charge in [-0.05, 0) is 13.0 Å². The molecule has 0 radical (unpaired) electrons. The highest BCUT2D eigenvalue weighted by molar-refractivity contribution is 7.99. The van der Waals surface area contributed by atoms with Gasteiger partial charge < -0.3 is 9.88 Å². The first-order valence-electron chi connectivity index (χ1n) is 8.62. The van der Waals surface area contributed by atoms with E-state index in [1.807, 2.05) is 49.1 Å². The smallest absolute Gasteiger partial charge is 0.230 e. The molecule has 1 saturated heterocycles. The Hall–Kier alpha value is -2.12. The Morgan fingerprint density at radius 3 is 2.92 bits per heavy atom. The summed E-state index contributed by atoms with van der Waals surface area (Å²) >= 11 is 2.04. The molecular weight excluding hydrogens is 332 g/mol. The number of hydrogen-bond donors (Lipinski definition) is 2. The summed E-state index contributed by atoms with van der Waals surface area (Å²) in [6, 6.07) is 8.03. The Kier molecular flexibility index (Phi) is 4.85. The fraction of sp³-hybridized carbons (Fsp3) is 0.389. The second-order valence-electron chi connectivity index (χ2n) is 6.24. The fourth-order valence-corrected chi connectivity index (χ4v) is 4.03. The van der Waals surface area contributed by atoms with E-state index in [1.165, 1.54) is 24.6 Å². The molecule has 0 aliphatic carbocycles. The van der Waals surface area contributed by atoms with Gasteiger partial charge in [0.05, 0.1) is 17.4 Å². The molecule has 0 unspecified atom stereocenters. The molecule has 0 atom stereocenters. The lowest BCUT2D eigenvalue weighted by Crippen LogP contribution is -2.34. The van der Waals surface area contributed by atoms with Crippen LogP contribution in [0.5, 0.6) is 0 Å². The summed E-state index contributed by atoms with van der Waals surface area (Å²) in [6.07, 6.45) is 2.88. The molecule has 2 N–H and O–H groups in total. The normalized spacial score (nSPS) is 15.6. The van der Waals surface area contributed by atoms with Crippen LogP contribution in [0.25, 0.3) is 10.9 Å². The second-order valence-corrected chi connectivity index (χ2v) is 7.46. The SMILES string of the molecule is Cc1nc(Nc2ncc(CCN3CCSCC3)[nH]2)nc2ccccc12. The van der Waals surface area contributed by atoms with Crippen molar-refractivity contribution in [2.75, 3.05) is 36.5 Å². The first-order chi connectivity index (χ1) is 12.3. The van der Waals surface area contributed by atoms with E-state index in [2.05, 4.69) is 30.2 Å². The average molecular weight is 354 g/mol. The number of H-pyrrole nitrogens is 1. The van der Waals surface area contributed by atoms with E-state index in [1.54, 1.807) is 0 Å². The monoisotopic (exact) mass is 354 g/mol. The molecule has 1 fully saturated rings. The molecule has 1 aromatic carbocycles. The number of nitrogens with one attached hydrogen (secondary N) is 2. The van der Waals surface area contributed by atoms with Crippen LogP contribution in [0.1, 0.15) is 11.4 Å². The van der Waals surface area contributed by atoms with Crippen molar-refractivity contribution in [3.63, 3.8) is 0 Å². The largest absolute Gasteiger partial charge is 0.328 e. The predicted molar refractivity (Wildman–Crippen MR) is 104 cm³/mol. The molecule has 0 bridgehead atoms. The summed E-state index contributed by atoms with van der Waals surface area (Å²) in [5.41, 5.74) is 3.04. The Morgan fingerprint density at radius 1 is 1.20 bits per heavy atom. The van der Waals surface area contributed by atoms with Crippen LogP contribution in [0.4, 0.5) is 11.9 Å². The van der Waals surface area contributed by atoms with Crippen LogP contribution in [0.15, 0.2) is 30.5 Å². The molecule has 0 spiro atoms. The summed E-state index contributed by atoms with van der Waals surface area (Å²) in [5, 5.41) is 4.27. The van der Waals surface area contributed by atoms with E-state index >= 15 is 0 Å². The number of anilines is 2. The average Bonchev–Trinajstić information content (AvgIpc) is 3.08. The van der Waals surface area contributed by atoms with Crippen LogP contribution < -0.4 is 5.32 Å². The van der Waals surface area contributed by atoms with Gasteiger partial charge in [-0.1, -0.05) is 18.2 Å². The number of imidazole rings is 1. The first kappa shape index (κ1) is 16.4. The summed E-state index contributed by atoms with van der Waals surface area (Å²) in [7, 11) is 0. The molecule has 1 aliphatic heterocycles. The van der Waals surface area contributed by atoms with Gasteiger partial charge in [0.1, 0.15) is 0 Å². The fourth-order valence-electron chi connectivity index (χ4n) is 3.05. The number of fused-ring (bicyclic) bond motifs is 1. The molecular formula is C18H22N6S. The van der Waals surface area contributed by atoms with Crippen molar-refractivity contribution in [2.24, 2.45) is 0 Å². The number of hydrogen-bond acceptors (Lipinski definition) is 6. The van der Waals surface area contributed by atoms with E-state index < -0.39 is 0 Å². The summed E-state index contributed by atoms with van der Waals surface area (Å²) in [6.45, 7) is 5.45. The van der Waals surface area contributed by atoms with Crippen molar-refractivity contribution < 1.29 is 0 Å². The zero-order valence-electron chi connectivity index (χ0n) is 14.3. The van der Waals surface area contributed by atoms with Gasteiger partial charge in [0.2, 0.25) is 11.9 Å². The molecule has 25 heavy (non-hydrogen) atoms. The van der Waals surface area contributed by atoms with Crippen LogP contribution in [0.3, 0.4) is 0 Å². The van der Waals surface area contributed by atoms with E-state index in [0.717, 1.165) is 35.3 Å². The van der Waals surface area contributed by atoms with Gasteiger partial charge in [0.25, 0.3) is 0 Å². The minimum Gasteiger partial charge on any atom is -0.328 e. The molecule has 130 valence electrons. The van der Waals surface area contributed by atoms with Crippen molar-refractivity contribution >= 4 is 34.6 Å². The molecule has 1 aliphatic rings. The lowest BCUT2D eigenvalue weighted by molar-refractivity contribution is 0.306. The molecule has 7 heteroatoms. The highest BCUT2D eigenvalue weighted by atomic mass is 32.2. The molecule has 0 amide bonds. The zero-order valence-corrected chi connectivity index (χ0v) is 15.1. The molecule has 0 saturated carbocycles. The second kappa shape index (κ2) is 7.41. The quantitative estimate of drug-likeness (QED) is 0.734. The minimum atomic E-state index is 0.574. The van der Waals surface area contributed by atoms with Crippen molar-refractivity contribution in [3.8, 4) is 0 Å². The minimum absolute atomic E-state index is 0.574. The lowest BCUT2D eigenvalue weighted by atomic mass is 10.2. The van der Waals surface area contributed by atoms with Gasteiger partial charge in [0, 0.05) is 48.6 Å². The standard InChI is InChI=1S/C18H22N6S/c1-13-15-4-2-3-5-16(15)22-18(20-13)23-17-19-12-14(21-17)6-7-24-8-10-25-11-9-24/h2-5,12H,6-11H2,1H3,(H2,19,20,21,22,23). The van der Waals surface area contributed by atoms with Gasteiger partial charge in [-0.2, -0.15) is 11.8 Å². The van der Waals surface area contributed by atoms with Gasteiger partial charge in [-0.15, -0.1) is 0 Å². The highest BCUT2D eigenvalue weighted by Gasteiger charge is 2.11. The molecule has 2 aromatic heterocycles. The van der Waals surface area contributed by atoms with Crippen LogP contribution in [-0.2, 0) is 6.42 Å². The van der Waals surface area contributed by atoms with Gasteiger partial charge in [0.15, 0.2) is 0 Å². The number of thioether (sulfide) groups is 1.